The van der Waals surface area contributed by atoms with E-state index in [-0.39, 0.29) is 11.0 Å². The maximum atomic E-state index is 4.94. The van der Waals surface area contributed by atoms with Gasteiger partial charge in [0.1, 0.15) is 12.4 Å². The molecular formula is C38H43N4+. The van der Waals surface area contributed by atoms with E-state index in [1.165, 1.54) is 67.2 Å². The fourth-order valence-corrected chi connectivity index (χ4v) is 7.96. The van der Waals surface area contributed by atoms with E-state index >= 15 is 0 Å². The van der Waals surface area contributed by atoms with Gasteiger partial charge in [-0.3, -0.25) is 0 Å². The summed E-state index contributed by atoms with van der Waals surface area (Å²) in [5.74, 6) is 1.04. The Kier molecular flexibility index (Phi) is 6.13. The Labute approximate surface area is 250 Å². The summed E-state index contributed by atoms with van der Waals surface area (Å²) < 4.78 is 4.79. The minimum absolute atomic E-state index is 0.0278. The number of benzene rings is 3. The maximum Gasteiger partial charge on any atom is 0.203 e. The molecule has 1 aromatic heterocycles. The van der Waals surface area contributed by atoms with Crippen LogP contribution in [0.3, 0.4) is 0 Å². The van der Waals surface area contributed by atoms with Gasteiger partial charge in [-0.15, -0.1) is 0 Å². The van der Waals surface area contributed by atoms with Crippen LogP contribution in [0, 0.1) is 0 Å². The molecule has 214 valence electrons. The lowest BCUT2D eigenvalue weighted by Gasteiger charge is -2.44. The van der Waals surface area contributed by atoms with Crippen LogP contribution in [-0.4, -0.2) is 28.2 Å². The minimum Gasteiger partial charge on any atom is -0.363 e. The SMILES string of the molecule is CCN1c2cc3c(cc2C(C)=CC1(C)C)C(c1nccn1C)=c1cc2c(cc1C3(C)C)=[N+](Cc1ccccc1)CCC2. The summed E-state index contributed by atoms with van der Waals surface area (Å²) in [4.78, 5) is 7.51. The first-order valence-electron chi connectivity index (χ1n) is 15.6. The summed E-state index contributed by atoms with van der Waals surface area (Å²) in [6.45, 7) is 17.1. The van der Waals surface area contributed by atoms with Crippen molar-refractivity contribution in [1.29, 1.82) is 0 Å². The second-order valence-electron chi connectivity index (χ2n) is 13.5. The van der Waals surface area contributed by atoms with Gasteiger partial charge in [-0.05, 0) is 79.8 Å². The van der Waals surface area contributed by atoms with Gasteiger partial charge in [0.15, 0.2) is 6.54 Å². The number of aromatic nitrogens is 2. The summed E-state index contributed by atoms with van der Waals surface area (Å²) in [5, 5.41) is 2.74. The Hall–Kier alpha value is -3.92. The Morgan fingerprint density at radius 2 is 1.74 bits per heavy atom. The second-order valence-corrected chi connectivity index (χ2v) is 13.5. The molecule has 42 heavy (non-hydrogen) atoms. The van der Waals surface area contributed by atoms with E-state index in [4.69, 9.17) is 4.98 Å². The zero-order valence-corrected chi connectivity index (χ0v) is 26.3. The van der Waals surface area contributed by atoms with E-state index in [2.05, 4.69) is 130 Å². The van der Waals surface area contributed by atoms with Gasteiger partial charge in [-0.1, -0.05) is 50.3 Å². The molecule has 7 rings (SSSR count). The number of imidazole rings is 1. The molecule has 2 aliphatic heterocycles. The van der Waals surface area contributed by atoms with Gasteiger partial charge >= 0.3 is 0 Å². The summed E-state index contributed by atoms with van der Waals surface area (Å²) in [5.41, 5.74) is 12.0. The van der Waals surface area contributed by atoms with Gasteiger partial charge in [0.2, 0.25) is 5.36 Å². The molecule has 0 N–H and O–H groups in total. The predicted molar refractivity (Wildman–Crippen MR) is 174 cm³/mol. The van der Waals surface area contributed by atoms with Crippen LogP contribution < -0.4 is 20.1 Å². The lowest BCUT2D eigenvalue weighted by molar-refractivity contribution is 0.513. The van der Waals surface area contributed by atoms with E-state index in [1.807, 2.05) is 6.20 Å². The number of likely N-dealkylation sites (N-methyl/N-ethyl adjacent to an activating group) is 1. The van der Waals surface area contributed by atoms with Crippen molar-refractivity contribution in [3.63, 3.8) is 0 Å². The number of rotatable bonds is 4. The highest BCUT2D eigenvalue weighted by molar-refractivity contribution is 5.90. The summed E-state index contributed by atoms with van der Waals surface area (Å²) in [6.07, 6.45) is 8.74. The molecule has 0 unspecified atom stereocenters. The molecule has 3 aliphatic rings. The third-order valence-electron chi connectivity index (χ3n) is 10.0. The molecule has 4 aromatic rings. The molecule has 3 aromatic carbocycles. The number of aryl methyl sites for hydroxylation is 2. The van der Waals surface area contributed by atoms with Crippen LogP contribution in [-0.2, 0) is 25.4 Å². The van der Waals surface area contributed by atoms with Crippen molar-refractivity contribution in [3.05, 3.63) is 123 Å². The minimum atomic E-state index is -0.169. The molecule has 4 nitrogen and oxygen atoms in total. The molecule has 0 fully saturated rings. The molecular weight excluding hydrogens is 512 g/mol. The molecule has 0 saturated carbocycles. The lowest BCUT2D eigenvalue weighted by Crippen LogP contribution is -2.46. The summed E-state index contributed by atoms with van der Waals surface area (Å²) in [6, 6.07) is 20.9. The lowest BCUT2D eigenvalue weighted by atomic mass is 9.68. The second kappa shape index (κ2) is 9.55. The molecule has 3 heterocycles. The van der Waals surface area contributed by atoms with Gasteiger partial charge in [0, 0.05) is 71.8 Å². The number of hydrogen-bond donors (Lipinski definition) is 0. The number of allylic oxidation sites excluding steroid dienone is 1. The third kappa shape index (κ3) is 4.02. The quantitative estimate of drug-likeness (QED) is 0.290. The summed E-state index contributed by atoms with van der Waals surface area (Å²) >= 11 is 0. The van der Waals surface area contributed by atoms with Crippen molar-refractivity contribution in [2.24, 2.45) is 7.05 Å². The van der Waals surface area contributed by atoms with E-state index in [0.29, 0.717) is 0 Å². The van der Waals surface area contributed by atoms with Crippen LogP contribution in [0.4, 0.5) is 5.69 Å². The monoisotopic (exact) mass is 555 g/mol. The van der Waals surface area contributed by atoms with E-state index in [9.17, 15) is 0 Å². The number of fused-ring (bicyclic) bond motifs is 4. The van der Waals surface area contributed by atoms with Crippen LogP contribution in [0.1, 0.15) is 87.2 Å². The first-order valence-corrected chi connectivity index (χ1v) is 15.6. The van der Waals surface area contributed by atoms with Gasteiger partial charge in [-0.25, -0.2) is 9.56 Å². The number of hydrogen-bond acceptors (Lipinski definition) is 2. The van der Waals surface area contributed by atoms with E-state index in [1.54, 1.807) is 0 Å². The first-order chi connectivity index (χ1) is 20.1. The van der Waals surface area contributed by atoms with Gasteiger partial charge in [0.25, 0.3) is 0 Å². The first kappa shape index (κ1) is 26.9. The van der Waals surface area contributed by atoms with Crippen molar-refractivity contribution < 1.29 is 0 Å². The van der Waals surface area contributed by atoms with Crippen LogP contribution in [0.5, 0.6) is 0 Å². The van der Waals surface area contributed by atoms with Gasteiger partial charge in [0.05, 0.1) is 5.54 Å². The topological polar surface area (TPSA) is 24.1 Å². The van der Waals surface area contributed by atoms with Gasteiger partial charge < -0.3 is 9.47 Å². The van der Waals surface area contributed by atoms with Gasteiger partial charge in [-0.2, -0.15) is 0 Å². The molecule has 0 amide bonds. The maximum absolute atomic E-state index is 4.94. The van der Waals surface area contributed by atoms with Crippen LogP contribution in [0.25, 0.3) is 11.1 Å². The van der Waals surface area contributed by atoms with E-state index < -0.39 is 0 Å². The molecule has 0 radical (unpaired) electrons. The average molecular weight is 556 g/mol. The smallest absolute Gasteiger partial charge is 0.203 e. The Morgan fingerprint density at radius 3 is 2.45 bits per heavy atom. The Morgan fingerprint density at radius 1 is 0.952 bits per heavy atom. The van der Waals surface area contributed by atoms with Crippen molar-refractivity contribution in [1.82, 2.24) is 14.1 Å². The molecule has 0 saturated heterocycles. The highest BCUT2D eigenvalue weighted by Gasteiger charge is 2.39. The Bertz CT molecular complexity index is 1890. The fraction of sp³-hybridized carbons (Fsp3) is 0.368. The molecule has 0 spiro atoms. The predicted octanol–water partition coefficient (Wildman–Crippen LogP) is 5.97. The molecule has 1 aliphatic carbocycles. The number of nitrogens with zero attached hydrogens (tertiary/aromatic N) is 4. The van der Waals surface area contributed by atoms with Crippen LogP contribution in [0.15, 0.2) is 73.1 Å². The van der Waals surface area contributed by atoms with Crippen molar-refractivity contribution >= 4 is 16.8 Å². The molecule has 0 bridgehead atoms. The highest BCUT2D eigenvalue weighted by Crippen LogP contribution is 2.47. The number of anilines is 1. The van der Waals surface area contributed by atoms with Crippen molar-refractivity contribution in [2.45, 2.75) is 71.9 Å². The standard InChI is InChI=1S/C38H43N4/c1-8-42-34-22-32-30(20-28(34)25(2)23-37(42,3)4)35(36-39-16-18-40(36)7)29-19-27-15-12-17-41(24-26-13-10-9-11-14-26)33(27)21-31(29)38(32,5)6/h9-11,13-14,16,18-23H,8,12,15,17,24H2,1-7H3/q+1. The highest BCUT2D eigenvalue weighted by atomic mass is 15.2. The zero-order valence-electron chi connectivity index (χ0n) is 26.3. The molecule has 0 atom stereocenters. The zero-order chi connectivity index (χ0) is 29.4. The van der Waals surface area contributed by atoms with Crippen molar-refractivity contribution in [2.75, 3.05) is 18.0 Å². The largest absolute Gasteiger partial charge is 0.363 e. The normalized spacial score (nSPS) is 18.2. The van der Waals surface area contributed by atoms with E-state index in [0.717, 1.165) is 31.9 Å². The third-order valence-corrected chi connectivity index (χ3v) is 10.0. The van der Waals surface area contributed by atoms with Crippen LogP contribution in [0.2, 0.25) is 0 Å². The molecule has 4 heteroatoms. The summed E-state index contributed by atoms with van der Waals surface area (Å²) in [7, 11) is 2.12. The van der Waals surface area contributed by atoms with Crippen molar-refractivity contribution in [3.8, 4) is 0 Å². The average Bonchev–Trinajstić information content (AvgIpc) is 3.38. The fourth-order valence-electron chi connectivity index (χ4n) is 7.96. The van der Waals surface area contributed by atoms with Crippen LogP contribution >= 0.6 is 0 Å². The Balaban J connectivity index is 1.57.